The van der Waals surface area contributed by atoms with Crippen molar-refractivity contribution in [1.29, 1.82) is 0 Å². The van der Waals surface area contributed by atoms with Crippen molar-refractivity contribution in [2.24, 2.45) is 0 Å². The van der Waals surface area contributed by atoms with Gasteiger partial charge in [0.05, 0.1) is 5.75 Å². The molecule has 0 aromatic heterocycles. The van der Waals surface area contributed by atoms with Gasteiger partial charge in [-0.05, 0) is 0 Å². The molecule has 0 saturated heterocycles. The Morgan fingerprint density at radius 3 is 2.00 bits per heavy atom. The molecule has 0 fully saturated rings. The maximum Gasteiger partial charge on any atom is 0.140 e. The first kappa shape index (κ1) is 6.43. The molecule has 0 radical (unpaired) electrons. The molecule has 0 aromatic rings. The zero-order valence-corrected chi connectivity index (χ0v) is 5.54. The van der Waals surface area contributed by atoms with Gasteiger partial charge in [-0.3, -0.25) is 0 Å². The van der Waals surface area contributed by atoms with Crippen LogP contribution in [0.5, 0.6) is 0 Å². The Morgan fingerprint density at radius 1 is 1.50 bits per heavy atom. The summed E-state index contributed by atoms with van der Waals surface area (Å²) in [5.41, 5.74) is 0. The van der Waals surface area contributed by atoms with E-state index in [9.17, 15) is 8.42 Å². The van der Waals surface area contributed by atoms with Gasteiger partial charge in [0, 0.05) is 5.33 Å². The molecule has 4 heteroatoms. The third kappa shape index (κ3) is 4.43. The highest BCUT2D eigenvalue weighted by Gasteiger charge is 1.77. The number of rotatable bonds is 2. The highest BCUT2D eigenvalue weighted by Crippen LogP contribution is 1.75. The van der Waals surface area contributed by atoms with Gasteiger partial charge in [-0.2, -0.15) is 0 Å². The van der Waals surface area contributed by atoms with E-state index >= 15 is 0 Å². The van der Waals surface area contributed by atoms with E-state index in [2.05, 4.69) is 15.9 Å². The summed E-state index contributed by atoms with van der Waals surface area (Å²) in [6.07, 6.45) is 0. The highest BCUT2D eigenvalue weighted by molar-refractivity contribution is 9.09. The molecule has 0 N–H and O–H groups in total. The monoisotopic (exact) mass is 172 g/mol. The first-order valence-electron chi connectivity index (χ1n) is 1.45. The highest BCUT2D eigenvalue weighted by atomic mass is 79.9. The Hall–Kier alpha value is 0.430. The smallest absolute Gasteiger partial charge is 0.140 e. The quantitative estimate of drug-likeness (QED) is 0.470. The van der Waals surface area contributed by atoms with E-state index in [1.807, 2.05) is 0 Å². The number of hydrogen-bond donors (Lipinski definition) is 1. The molecule has 0 saturated carbocycles. The van der Waals surface area contributed by atoms with Gasteiger partial charge in [-0.1, -0.05) is 15.9 Å². The molecule has 0 spiro atoms. The van der Waals surface area contributed by atoms with Crippen molar-refractivity contribution in [3.63, 3.8) is 0 Å². The fraction of sp³-hybridized carbons (Fsp3) is 1.00. The molecule has 0 aliphatic carbocycles. The van der Waals surface area contributed by atoms with Gasteiger partial charge in [0.15, 0.2) is 0 Å². The van der Waals surface area contributed by atoms with Crippen LogP contribution in [-0.2, 0) is 10.7 Å². The largest absolute Gasteiger partial charge is 0.232 e. The van der Waals surface area contributed by atoms with Crippen LogP contribution in [0.4, 0.5) is 0 Å². The van der Waals surface area contributed by atoms with Crippen LogP contribution >= 0.6 is 15.9 Å². The maximum atomic E-state index is 9.61. The summed E-state index contributed by atoms with van der Waals surface area (Å²) in [6.45, 7) is 0. The number of halogens is 1. The van der Waals surface area contributed by atoms with Crippen LogP contribution in [0, 0.1) is 0 Å². The standard InChI is InChI=1S/C2H5BrO2S/c3-1-2-6(4)5/h6H,1-2H2. The predicted octanol–water partition coefficient (Wildman–Crippen LogP) is -0.00730. The lowest BCUT2D eigenvalue weighted by Crippen LogP contribution is -1.84. The van der Waals surface area contributed by atoms with Crippen molar-refractivity contribution in [1.82, 2.24) is 0 Å². The lowest BCUT2D eigenvalue weighted by molar-refractivity contribution is 0.616. The molecule has 0 aliphatic rings. The minimum absolute atomic E-state index is 0.245. The average Bonchev–Trinajstić information content (AvgIpc) is 1.35. The minimum Gasteiger partial charge on any atom is -0.232 e. The fourth-order valence-corrected chi connectivity index (χ4v) is 1.08. The Kier molecular flexibility index (Phi) is 3.87. The Labute approximate surface area is 46.6 Å². The zero-order chi connectivity index (χ0) is 4.99. The summed E-state index contributed by atoms with van der Waals surface area (Å²) in [5, 5.41) is 0.547. The molecule has 2 nitrogen and oxygen atoms in total. The number of thiol groups is 1. The molecule has 0 bridgehead atoms. The molecule has 0 aromatic carbocycles. The van der Waals surface area contributed by atoms with Gasteiger partial charge in [-0.25, -0.2) is 8.42 Å². The molecule has 0 aliphatic heterocycles. The molecular formula is C2H5BrO2S. The molecule has 6 heavy (non-hydrogen) atoms. The first-order valence-corrected chi connectivity index (χ1v) is 3.93. The van der Waals surface area contributed by atoms with Gasteiger partial charge in [-0.15, -0.1) is 0 Å². The van der Waals surface area contributed by atoms with E-state index in [1.54, 1.807) is 0 Å². The summed E-state index contributed by atoms with van der Waals surface area (Å²) in [7, 11) is -2.15. The van der Waals surface area contributed by atoms with Gasteiger partial charge in [0.2, 0.25) is 0 Å². The van der Waals surface area contributed by atoms with Crippen molar-refractivity contribution in [2.45, 2.75) is 0 Å². The number of alkyl halides is 1. The molecule has 0 atom stereocenters. The van der Waals surface area contributed by atoms with Crippen LogP contribution < -0.4 is 0 Å². The molecule has 0 amide bonds. The van der Waals surface area contributed by atoms with E-state index in [4.69, 9.17) is 0 Å². The van der Waals surface area contributed by atoms with Crippen LogP contribution in [0.3, 0.4) is 0 Å². The van der Waals surface area contributed by atoms with Gasteiger partial charge in [0.25, 0.3) is 0 Å². The molecule has 38 valence electrons. The summed E-state index contributed by atoms with van der Waals surface area (Å²) < 4.78 is 19.2. The van der Waals surface area contributed by atoms with Crippen LogP contribution in [0.1, 0.15) is 0 Å². The maximum absolute atomic E-state index is 9.61. The van der Waals surface area contributed by atoms with Crippen molar-refractivity contribution >= 4 is 26.6 Å². The topological polar surface area (TPSA) is 34.1 Å². The van der Waals surface area contributed by atoms with Crippen molar-refractivity contribution in [3.05, 3.63) is 0 Å². The second-order valence-corrected chi connectivity index (χ2v) is 2.65. The normalized spacial score (nSPS) is 9.67. The Morgan fingerprint density at radius 2 is 2.00 bits per heavy atom. The van der Waals surface area contributed by atoms with E-state index in [1.165, 1.54) is 0 Å². The lowest BCUT2D eigenvalue weighted by atomic mass is 11.0. The van der Waals surface area contributed by atoms with E-state index in [-0.39, 0.29) is 5.75 Å². The molecule has 0 rings (SSSR count). The summed E-state index contributed by atoms with van der Waals surface area (Å²) in [5.74, 6) is 0.245. The summed E-state index contributed by atoms with van der Waals surface area (Å²) in [4.78, 5) is 0. The minimum atomic E-state index is -2.15. The second-order valence-electron chi connectivity index (χ2n) is 0.745. The molecule has 0 unspecified atom stereocenters. The van der Waals surface area contributed by atoms with Crippen LogP contribution in [-0.4, -0.2) is 19.5 Å². The van der Waals surface area contributed by atoms with E-state index in [0.717, 1.165) is 0 Å². The van der Waals surface area contributed by atoms with Gasteiger partial charge < -0.3 is 0 Å². The molecular weight excluding hydrogens is 168 g/mol. The Balaban J connectivity index is 3.07. The number of hydrogen-bond acceptors (Lipinski definition) is 2. The average molecular weight is 173 g/mol. The van der Waals surface area contributed by atoms with E-state index in [0.29, 0.717) is 5.33 Å². The summed E-state index contributed by atoms with van der Waals surface area (Å²) in [6, 6.07) is 0. The third-order valence-electron chi connectivity index (χ3n) is 0.267. The van der Waals surface area contributed by atoms with Gasteiger partial charge >= 0.3 is 0 Å². The SMILES string of the molecule is O=[SH](=O)CCBr. The molecule has 0 heterocycles. The Bertz CT molecular complexity index is 79.5. The van der Waals surface area contributed by atoms with Crippen molar-refractivity contribution < 1.29 is 8.42 Å². The fourth-order valence-electron chi connectivity index (χ4n) is 0.0690. The predicted molar refractivity (Wildman–Crippen MR) is 29.0 cm³/mol. The second kappa shape index (κ2) is 3.61. The van der Waals surface area contributed by atoms with Crippen LogP contribution in [0.2, 0.25) is 0 Å². The van der Waals surface area contributed by atoms with Crippen molar-refractivity contribution in [2.75, 3.05) is 11.1 Å². The first-order chi connectivity index (χ1) is 2.77. The zero-order valence-electron chi connectivity index (χ0n) is 3.06. The van der Waals surface area contributed by atoms with Crippen LogP contribution in [0.25, 0.3) is 0 Å². The van der Waals surface area contributed by atoms with Crippen LogP contribution in [0.15, 0.2) is 0 Å². The third-order valence-corrected chi connectivity index (χ3v) is 1.87. The van der Waals surface area contributed by atoms with Crippen molar-refractivity contribution in [3.8, 4) is 0 Å². The lowest BCUT2D eigenvalue weighted by Gasteiger charge is -1.70. The van der Waals surface area contributed by atoms with E-state index < -0.39 is 10.7 Å². The van der Waals surface area contributed by atoms with Gasteiger partial charge in [0.1, 0.15) is 10.7 Å². The summed E-state index contributed by atoms with van der Waals surface area (Å²) >= 11 is 2.97.